The zero-order valence-corrected chi connectivity index (χ0v) is 26.3. The maximum absolute atomic E-state index is 3.80. The van der Waals surface area contributed by atoms with Crippen LogP contribution in [0.1, 0.15) is 16.7 Å². The van der Waals surface area contributed by atoms with Gasteiger partial charge in [-0.15, -0.1) is 10.9 Å². The fraction of sp³-hybridized carbons (Fsp3) is 0.0222. The van der Waals surface area contributed by atoms with E-state index >= 15 is 0 Å². The fourth-order valence-electron chi connectivity index (χ4n) is 8.18. The summed E-state index contributed by atoms with van der Waals surface area (Å²) < 4.78 is 3.80. The molecule has 1 heterocycles. The topological polar surface area (TPSA) is 2.70 Å². The second-order valence-corrected chi connectivity index (χ2v) is 12.8. The maximum atomic E-state index is 3.80. The minimum Gasteiger partial charge on any atom is -0.810 e. The van der Waals surface area contributed by atoms with Crippen molar-refractivity contribution in [3.63, 3.8) is 0 Å². The van der Waals surface area contributed by atoms with Gasteiger partial charge in [0.05, 0.1) is 5.56 Å². The normalized spacial score (nSPS) is 14.1. The van der Waals surface area contributed by atoms with Crippen LogP contribution in [0, 0.1) is 0 Å². The van der Waals surface area contributed by atoms with Gasteiger partial charge in [0.2, 0.25) is 5.75 Å². The molecule has 0 spiro atoms. The van der Waals surface area contributed by atoms with Crippen LogP contribution in [0.4, 0.5) is 0 Å². The third-order valence-corrected chi connectivity index (χ3v) is 10.3. The molecular formula is C45H33BO. The Bertz CT molecular complexity index is 2410. The highest BCUT2D eigenvalue weighted by molar-refractivity contribution is 7.13. The van der Waals surface area contributed by atoms with Gasteiger partial charge in [0.1, 0.15) is 7.11 Å². The Balaban J connectivity index is 1.51. The standard InChI is InChI=1S/C45H33BO/c1-47-43-22-12-11-21-42(43)44(35-16-3-2-4-17-35)45(39-24-23-32-13-5-8-18-36(32)29-39)46(47,40-27-25-33-14-6-9-19-37(33)30-40)41-28-26-34-15-7-10-20-38(34)31-41/h2-31H,1H3. The zero-order chi connectivity index (χ0) is 31.4. The van der Waals surface area contributed by atoms with E-state index in [1.807, 2.05) is 0 Å². The van der Waals surface area contributed by atoms with Crippen LogP contribution in [-0.2, 0) is 4.28 Å². The molecule has 8 aromatic carbocycles. The van der Waals surface area contributed by atoms with E-state index in [0.29, 0.717) is 0 Å². The minimum atomic E-state index is -1.81. The molecule has 2 heteroatoms. The highest BCUT2D eigenvalue weighted by Crippen LogP contribution is 2.52. The Hall–Kier alpha value is -5.86. The summed E-state index contributed by atoms with van der Waals surface area (Å²) in [6, 6.07) is 67.1. The molecule has 0 saturated heterocycles. The van der Waals surface area contributed by atoms with Crippen molar-refractivity contribution in [2.75, 3.05) is 7.11 Å². The molecule has 47 heavy (non-hydrogen) atoms. The molecule has 0 radical (unpaired) electrons. The Morgan fingerprint density at radius 3 is 1.45 bits per heavy atom. The van der Waals surface area contributed by atoms with Crippen molar-refractivity contribution in [3.05, 3.63) is 199 Å². The Kier molecular flexibility index (Phi) is 6.36. The Labute approximate surface area is 275 Å². The summed E-state index contributed by atoms with van der Waals surface area (Å²) in [4.78, 5) is 0. The molecule has 0 atom stereocenters. The molecule has 0 fully saturated rings. The van der Waals surface area contributed by atoms with E-state index in [-0.39, 0.29) is 0 Å². The molecule has 1 aliphatic heterocycles. The number of para-hydroxylation sites is 1. The first-order valence-corrected chi connectivity index (χ1v) is 16.4. The van der Waals surface area contributed by atoms with Gasteiger partial charge in [-0.1, -0.05) is 169 Å². The molecule has 0 unspecified atom stereocenters. The number of rotatable bonds is 4. The Morgan fingerprint density at radius 2 is 0.851 bits per heavy atom. The van der Waals surface area contributed by atoms with E-state index < -0.39 is 6.35 Å². The maximum Gasteiger partial charge on any atom is 0.415 e. The highest BCUT2D eigenvalue weighted by atomic mass is 16.6. The van der Waals surface area contributed by atoms with Gasteiger partial charge in [-0.25, -0.2) is 0 Å². The third kappa shape index (κ3) is 4.26. The molecule has 0 saturated carbocycles. The molecule has 8 aromatic rings. The summed E-state index contributed by atoms with van der Waals surface area (Å²) in [7, 11) is 2.23. The lowest BCUT2D eigenvalue weighted by Gasteiger charge is -2.55. The lowest BCUT2D eigenvalue weighted by molar-refractivity contribution is 0.173. The van der Waals surface area contributed by atoms with Crippen molar-refractivity contribution in [3.8, 4) is 5.75 Å². The van der Waals surface area contributed by atoms with Gasteiger partial charge in [0, 0.05) is 6.07 Å². The molecule has 1 aliphatic rings. The van der Waals surface area contributed by atoms with Crippen molar-refractivity contribution < 1.29 is 4.28 Å². The first-order chi connectivity index (χ1) is 23.2. The van der Waals surface area contributed by atoms with Crippen molar-refractivity contribution in [2.24, 2.45) is 0 Å². The molecule has 9 rings (SSSR count). The van der Waals surface area contributed by atoms with Crippen LogP contribution >= 0.6 is 0 Å². The summed E-state index contributed by atoms with van der Waals surface area (Å²) >= 11 is 0. The molecular weight excluding hydrogens is 567 g/mol. The number of benzene rings is 8. The minimum absolute atomic E-state index is 1.15. The Morgan fingerprint density at radius 1 is 0.383 bits per heavy atom. The lowest BCUT2D eigenvalue weighted by atomic mass is 9.25. The van der Waals surface area contributed by atoms with Crippen LogP contribution < -0.4 is 10.9 Å². The van der Waals surface area contributed by atoms with Crippen LogP contribution in [0.2, 0.25) is 0 Å². The molecule has 1 nitrogen and oxygen atoms in total. The van der Waals surface area contributed by atoms with E-state index in [1.54, 1.807) is 0 Å². The second-order valence-electron chi connectivity index (χ2n) is 12.8. The summed E-state index contributed by atoms with van der Waals surface area (Å²) in [6.45, 7) is 0. The van der Waals surface area contributed by atoms with Crippen LogP contribution in [0.3, 0.4) is 0 Å². The molecule has 0 aromatic heterocycles. The van der Waals surface area contributed by atoms with Gasteiger partial charge in [-0.2, -0.15) is 0 Å². The fourth-order valence-corrected chi connectivity index (χ4v) is 8.18. The molecule has 0 N–H and O–H groups in total. The average Bonchev–Trinajstić information content (AvgIpc) is 3.14. The van der Waals surface area contributed by atoms with Gasteiger partial charge in [-0.05, 0) is 61.2 Å². The predicted octanol–water partition coefficient (Wildman–Crippen LogP) is 10.3. The van der Waals surface area contributed by atoms with Gasteiger partial charge in [0.25, 0.3) is 0 Å². The number of hydrogen-bond acceptors (Lipinski definition) is 0. The third-order valence-electron chi connectivity index (χ3n) is 10.3. The molecule has 222 valence electrons. The summed E-state index contributed by atoms with van der Waals surface area (Å²) in [5, 5.41) is 7.43. The molecule has 0 aliphatic carbocycles. The number of fused-ring (bicyclic) bond motifs is 4. The SMILES string of the molecule is C[O+]1c2ccccc2C(c2ccccc2)=C(c2ccc3ccccc3c2)[B-]1(c1ccc2ccccc2c1)c1ccc2ccccc2c1. The van der Waals surface area contributed by atoms with Gasteiger partial charge >= 0.3 is 6.35 Å². The predicted molar refractivity (Wildman–Crippen MR) is 202 cm³/mol. The van der Waals surface area contributed by atoms with Crippen molar-refractivity contribution >= 4 is 60.6 Å². The van der Waals surface area contributed by atoms with Gasteiger partial charge < -0.3 is 4.28 Å². The monoisotopic (exact) mass is 600 g/mol. The van der Waals surface area contributed by atoms with E-state index in [9.17, 15) is 0 Å². The second kappa shape index (κ2) is 10.9. The first kappa shape index (κ1) is 27.5. The van der Waals surface area contributed by atoms with Gasteiger partial charge in [-0.3, -0.25) is 0 Å². The van der Waals surface area contributed by atoms with Crippen LogP contribution in [0.15, 0.2) is 182 Å². The van der Waals surface area contributed by atoms with Crippen LogP contribution in [0.25, 0.3) is 43.4 Å². The van der Waals surface area contributed by atoms with Crippen molar-refractivity contribution in [1.29, 1.82) is 0 Å². The van der Waals surface area contributed by atoms with E-state index in [4.69, 9.17) is 0 Å². The average molecular weight is 601 g/mol. The molecule has 0 bridgehead atoms. The lowest BCUT2D eigenvalue weighted by Crippen LogP contribution is -2.66. The van der Waals surface area contributed by atoms with E-state index in [2.05, 4.69) is 193 Å². The summed E-state index contributed by atoms with van der Waals surface area (Å²) in [5.74, 6) is 1.15. The quantitative estimate of drug-likeness (QED) is 0.140. The first-order valence-electron chi connectivity index (χ1n) is 16.4. The zero-order valence-electron chi connectivity index (χ0n) is 26.3. The van der Waals surface area contributed by atoms with Crippen LogP contribution in [0.5, 0.6) is 5.75 Å². The largest absolute Gasteiger partial charge is 0.810 e. The van der Waals surface area contributed by atoms with E-state index in [0.717, 1.165) is 5.75 Å². The van der Waals surface area contributed by atoms with Crippen LogP contribution in [-0.4, -0.2) is 13.5 Å². The summed E-state index contributed by atoms with van der Waals surface area (Å²) in [5.41, 5.74) is 8.74. The summed E-state index contributed by atoms with van der Waals surface area (Å²) in [6.07, 6.45) is -1.81. The number of hydrogen-bond donors (Lipinski definition) is 0. The van der Waals surface area contributed by atoms with E-state index in [1.165, 1.54) is 71.0 Å². The van der Waals surface area contributed by atoms with Crippen molar-refractivity contribution in [1.82, 2.24) is 0 Å². The highest BCUT2D eigenvalue weighted by Gasteiger charge is 2.52. The molecule has 0 amide bonds. The smallest absolute Gasteiger partial charge is 0.415 e. The van der Waals surface area contributed by atoms with Crippen molar-refractivity contribution in [2.45, 2.75) is 0 Å². The van der Waals surface area contributed by atoms with Gasteiger partial charge in [0.15, 0.2) is 0 Å².